The fourth-order valence-corrected chi connectivity index (χ4v) is 2.09. The molecule has 122 valence electrons. The molecule has 6 N–H and O–H groups in total. The minimum absolute atomic E-state index is 0.156. The third-order valence-electron chi connectivity index (χ3n) is 3.45. The van der Waals surface area contributed by atoms with Gasteiger partial charge in [-0.25, -0.2) is 9.59 Å². The van der Waals surface area contributed by atoms with Crippen LogP contribution >= 0.6 is 0 Å². The van der Waals surface area contributed by atoms with Crippen LogP contribution in [0.1, 0.15) is 36.0 Å². The number of aromatic carboxylic acids is 1. The number of carboxylic acid groups (broad SMARTS) is 2. The number of hydrogen-bond donors (Lipinski definition) is 6. The maximum atomic E-state index is 10.5. The molecule has 1 aromatic carbocycles. The molecule has 8 heteroatoms. The average molecular weight is 314 g/mol. The number of phenols is 2. The van der Waals surface area contributed by atoms with Gasteiger partial charge in [-0.2, -0.15) is 0 Å². The number of carboxylic acids is 2. The summed E-state index contributed by atoms with van der Waals surface area (Å²) in [5.41, 5.74) is -2.19. The number of aromatic hydroxyl groups is 2. The van der Waals surface area contributed by atoms with Gasteiger partial charge in [-0.1, -0.05) is 12.5 Å². The molecule has 1 fully saturated rings. The van der Waals surface area contributed by atoms with Crippen molar-refractivity contribution < 1.29 is 40.2 Å². The van der Waals surface area contributed by atoms with Crippen molar-refractivity contribution in [3.63, 3.8) is 0 Å². The zero-order valence-electron chi connectivity index (χ0n) is 11.6. The summed E-state index contributed by atoms with van der Waals surface area (Å²) in [7, 11) is 0. The fourth-order valence-electron chi connectivity index (χ4n) is 2.09. The number of phenolic OH excluding ortho intramolecular Hbond substituents is 1. The van der Waals surface area contributed by atoms with Crippen LogP contribution in [0.4, 0.5) is 0 Å². The van der Waals surface area contributed by atoms with Gasteiger partial charge in [0.2, 0.25) is 0 Å². The minimum atomic E-state index is -1.89. The average Bonchev–Trinajstić information content (AvgIpc) is 2.45. The first kappa shape index (κ1) is 17.7. The maximum Gasteiger partial charge on any atom is 0.339 e. The van der Waals surface area contributed by atoms with Crippen molar-refractivity contribution in [2.75, 3.05) is 0 Å². The van der Waals surface area contributed by atoms with Crippen molar-refractivity contribution in [3.8, 4) is 11.5 Å². The molecule has 2 atom stereocenters. The first-order valence-corrected chi connectivity index (χ1v) is 6.58. The molecule has 1 saturated carbocycles. The van der Waals surface area contributed by atoms with Crippen LogP contribution in [0, 0.1) is 0 Å². The molecule has 0 saturated heterocycles. The van der Waals surface area contributed by atoms with Crippen molar-refractivity contribution in [1.82, 2.24) is 0 Å². The molecule has 0 aliphatic heterocycles. The summed E-state index contributed by atoms with van der Waals surface area (Å²) in [6.45, 7) is 0. The number of rotatable bonds is 2. The van der Waals surface area contributed by atoms with Gasteiger partial charge in [-0.05, 0) is 31.4 Å². The molecule has 0 bridgehead atoms. The second-order valence-electron chi connectivity index (χ2n) is 4.97. The molecule has 1 aromatic rings. The number of aliphatic carboxylic acids is 1. The summed E-state index contributed by atoms with van der Waals surface area (Å²) in [6, 6.07) is 3.76. The van der Waals surface area contributed by atoms with E-state index in [4.69, 9.17) is 25.5 Å². The van der Waals surface area contributed by atoms with E-state index in [1.807, 2.05) is 0 Å². The van der Waals surface area contributed by atoms with E-state index >= 15 is 0 Å². The van der Waals surface area contributed by atoms with Crippen LogP contribution in [0.3, 0.4) is 0 Å². The second kappa shape index (κ2) is 7.10. The van der Waals surface area contributed by atoms with E-state index in [1.54, 1.807) is 0 Å². The summed E-state index contributed by atoms with van der Waals surface area (Å²) < 4.78 is 0. The van der Waals surface area contributed by atoms with Crippen LogP contribution in [-0.4, -0.2) is 54.3 Å². The highest BCUT2D eigenvalue weighted by Gasteiger charge is 2.44. The Morgan fingerprint density at radius 2 is 1.77 bits per heavy atom. The van der Waals surface area contributed by atoms with E-state index in [1.165, 1.54) is 18.2 Å². The number of hydrogen-bond acceptors (Lipinski definition) is 6. The molecule has 8 nitrogen and oxygen atoms in total. The first-order valence-electron chi connectivity index (χ1n) is 6.58. The third-order valence-corrected chi connectivity index (χ3v) is 3.45. The van der Waals surface area contributed by atoms with Crippen molar-refractivity contribution in [3.05, 3.63) is 23.8 Å². The third kappa shape index (κ3) is 3.86. The Labute approximate surface area is 125 Å². The summed E-state index contributed by atoms with van der Waals surface area (Å²) in [6.07, 6.45) is 0.886. The molecule has 0 radical (unpaired) electrons. The number of benzene rings is 1. The SMILES string of the molecule is O=C(O)C1(O)CCCCC1O.O=C(O)c1cccc(O)c1O. The molecule has 0 amide bonds. The monoisotopic (exact) mass is 314 g/mol. The molecule has 22 heavy (non-hydrogen) atoms. The van der Waals surface area contributed by atoms with E-state index in [9.17, 15) is 14.7 Å². The van der Waals surface area contributed by atoms with E-state index in [0.29, 0.717) is 12.8 Å². The Morgan fingerprint density at radius 3 is 2.18 bits per heavy atom. The van der Waals surface area contributed by atoms with Crippen molar-refractivity contribution >= 4 is 11.9 Å². The fraction of sp³-hybridized carbons (Fsp3) is 0.429. The molecule has 2 rings (SSSR count). The first-order chi connectivity index (χ1) is 10.2. The Hall–Kier alpha value is -2.32. The molecule has 0 aromatic heterocycles. The lowest BCUT2D eigenvalue weighted by molar-refractivity contribution is -0.177. The standard InChI is InChI=1S/C7H12O4.C7H6O4/c8-5-3-1-2-4-7(5,11)6(9)10;8-5-3-1-2-4(6(5)9)7(10)11/h5,8,11H,1-4H2,(H,9,10);1-3,8-9H,(H,10,11). The van der Waals surface area contributed by atoms with Crippen molar-refractivity contribution in [1.29, 1.82) is 0 Å². The zero-order chi connectivity index (χ0) is 16.9. The smallest absolute Gasteiger partial charge is 0.339 e. The van der Waals surface area contributed by atoms with Gasteiger partial charge < -0.3 is 30.6 Å². The van der Waals surface area contributed by atoms with Crippen LogP contribution < -0.4 is 0 Å². The number of aliphatic hydroxyl groups excluding tert-OH is 1. The van der Waals surface area contributed by atoms with E-state index < -0.39 is 35.1 Å². The number of para-hydroxylation sites is 1. The largest absolute Gasteiger partial charge is 0.504 e. The molecule has 0 heterocycles. The quantitative estimate of drug-likeness (QED) is 0.432. The van der Waals surface area contributed by atoms with Crippen LogP contribution in [0.25, 0.3) is 0 Å². The van der Waals surface area contributed by atoms with Crippen LogP contribution in [0.15, 0.2) is 18.2 Å². The normalized spacial score (nSPS) is 24.0. The number of aliphatic hydroxyl groups is 2. The van der Waals surface area contributed by atoms with E-state index in [2.05, 4.69) is 0 Å². The molecule has 2 unspecified atom stereocenters. The van der Waals surface area contributed by atoms with Crippen LogP contribution in [0.5, 0.6) is 11.5 Å². The van der Waals surface area contributed by atoms with E-state index in [0.717, 1.165) is 6.42 Å². The zero-order valence-corrected chi connectivity index (χ0v) is 11.6. The Morgan fingerprint density at radius 1 is 1.14 bits per heavy atom. The molecule has 0 spiro atoms. The molecular formula is C14H18O8. The Bertz CT molecular complexity index is 556. The van der Waals surface area contributed by atoms with Gasteiger partial charge in [0.15, 0.2) is 17.1 Å². The lowest BCUT2D eigenvalue weighted by atomic mass is 9.82. The second-order valence-corrected chi connectivity index (χ2v) is 4.97. The van der Waals surface area contributed by atoms with Gasteiger partial charge >= 0.3 is 11.9 Å². The minimum Gasteiger partial charge on any atom is -0.504 e. The Balaban J connectivity index is 0.000000220. The predicted molar refractivity (Wildman–Crippen MR) is 73.8 cm³/mol. The van der Waals surface area contributed by atoms with Gasteiger partial charge in [0.1, 0.15) is 5.56 Å². The van der Waals surface area contributed by atoms with Crippen molar-refractivity contribution in [2.24, 2.45) is 0 Å². The highest BCUT2D eigenvalue weighted by molar-refractivity contribution is 5.91. The number of carbonyl (C=O) groups is 2. The maximum absolute atomic E-state index is 10.5. The van der Waals surface area contributed by atoms with Crippen LogP contribution in [0.2, 0.25) is 0 Å². The van der Waals surface area contributed by atoms with Gasteiger partial charge in [0.25, 0.3) is 0 Å². The lowest BCUT2D eigenvalue weighted by Gasteiger charge is -2.32. The topological polar surface area (TPSA) is 156 Å². The summed E-state index contributed by atoms with van der Waals surface area (Å²) in [5, 5.41) is 53.3. The highest BCUT2D eigenvalue weighted by Crippen LogP contribution is 2.28. The molecule has 1 aliphatic carbocycles. The van der Waals surface area contributed by atoms with Gasteiger partial charge in [-0.3, -0.25) is 0 Å². The lowest BCUT2D eigenvalue weighted by Crippen LogP contribution is -2.51. The Kier molecular flexibility index (Phi) is 5.72. The van der Waals surface area contributed by atoms with Gasteiger partial charge in [0, 0.05) is 0 Å². The predicted octanol–water partition coefficient (Wildman–Crippen LogP) is 0.533. The summed E-state index contributed by atoms with van der Waals surface area (Å²) >= 11 is 0. The van der Waals surface area contributed by atoms with Gasteiger partial charge in [-0.15, -0.1) is 0 Å². The van der Waals surface area contributed by atoms with E-state index in [-0.39, 0.29) is 12.0 Å². The summed E-state index contributed by atoms with van der Waals surface area (Å²) in [4.78, 5) is 20.8. The molecular weight excluding hydrogens is 296 g/mol. The molecule has 1 aliphatic rings. The van der Waals surface area contributed by atoms with Crippen molar-refractivity contribution in [2.45, 2.75) is 37.4 Å². The van der Waals surface area contributed by atoms with Gasteiger partial charge in [0.05, 0.1) is 6.10 Å². The van der Waals surface area contributed by atoms with Crippen LogP contribution in [-0.2, 0) is 4.79 Å². The summed E-state index contributed by atoms with van der Waals surface area (Å²) in [5.74, 6) is -3.60. The highest BCUT2D eigenvalue weighted by atomic mass is 16.4.